The third kappa shape index (κ3) is 5.40. The predicted molar refractivity (Wildman–Crippen MR) is 102 cm³/mol. The van der Waals surface area contributed by atoms with Gasteiger partial charge in [-0.3, -0.25) is 9.80 Å². The summed E-state index contributed by atoms with van der Waals surface area (Å²) in [6, 6.07) is 17.0. The van der Waals surface area contributed by atoms with E-state index in [0.717, 1.165) is 50.3 Å². The molecule has 26 heavy (non-hydrogen) atoms. The van der Waals surface area contributed by atoms with Crippen LogP contribution in [-0.2, 0) is 6.54 Å². The number of aliphatic hydroxyl groups excluding tert-OH is 1. The Hall–Kier alpha value is -2.19. The molecule has 3 nitrogen and oxygen atoms in total. The van der Waals surface area contributed by atoms with Crippen LogP contribution in [0.15, 0.2) is 54.6 Å². The largest absolute Gasteiger partial charge is 0.396 e. The summed E-state index contributed by atoms with van der Waals surface area (Å²) >= 11 is 0. The van der Waals surface area contributed by atoms with Gasteiger partial charge in [0.1, 0.15) is 5.82 Å². The maximum atomic E-state index is 13.1. The second kappa shape index (κ2) is 9.49. The smallest absolute Gasteiger partial charge is 0.123 e. The monoisotopic (exact) mass is 352 g/mol. The molecule has 1 heterocycles. The summed E-state index contributed by atoms with van der Waals surface area (Å²) in [6.45, 7) is 4.47. The van der Waals surface area contributed by atoms with Gasteiger partial charge in [-0.2, -0.15) is 0 Å². The van der Waals surface area contributed by atoms with Gasteiger partial charge in [-0.05, 0) is 36.2 Å². The Morgan fingerprint density at radius 3 is 2.54 bits per heavy atom. The van der Waals surface area contributed by atoms with Crippen LogP contribution < -0.4 is 0 Å². The van der Waals surface area contributed by atoms with Crippen LogP contribution in [0, 0.1) is 17.7 Å². The van der Waals surface area contributed by atoms with Crippen molar-refractivity contribution < 1.29 is 9.50 Å². The van der Waals surface area contributed by atoms with Crippen LogP contribution in [0.4, 0.5) is 4.39 Å². The molecule has 0 aliphatic carbocycles. The second-order valence-electron chi connectivity index (χ2n) is 6.67. The molecule has 1 aliphatic rings. The second-order valence-corrected chi connectivity index (χ2v) is 6.67. The fraction of sp³-hybridized carbons (Fsp3) is 0.364. The van der Waals surface area contributed by atoms with Crippen molar-refractivity contribution in [3.8, 4) is 11.8 Å². The molecule has 1 unspecified atom stereocenters. The van der Waals surface area contributed by atoms with Gasteiger partial charge in [-0.15, -0.1) is 0 Å². The molecule has 1 saturated heterocycles. The van der Waals surface area contributed by atoms with Crippen LogP contribution in [-0.4, -0.2) is 53.7 Å². The van der Waals surface area contributed by atoms with E-state index in [1.54, 1.807) is 0 Å². The van der Waals surface area contributed by atoms with Gasteiger partial charge < -0.3 is 5.11 Å². The quantitative estimate of drug-likeness (QED) is 0.839. The molecular formula is C22H25FN2O. The normalized spacial score (nSPS) is 18.3. The van der Waals surface area contributed by atoms with Crippen LogP contribution in [0.25, 0.3) is 0 Å². The van der Waals surface area contributed by atoms with Crippen LogP contribution >= 0.6 is 0 Å². The first-order valence-electron chi connectivity index (χ1n) is 9.10. The lowest BCUT2D eigenvalue weighted by Gasteiger charge is -2.40. The predicted octanol–water partition coefficient (Wildman–Crippen LogP) is 2.75. The van der Waals surface area contributed by atoms with Gasteiger partial charge in [0.25, 0.3) is 0 Å². The lowest BCUT2D eigenvalue weighted by molar-refractivity contribution is 0.0605. The number of aliphatic hydroxyl groups is 1. The molecule has 0 spiro atoms. The van der Waals surface area contributed by atoms with E-state index in [0.29, 0.717) is 0 Å². The summed E-state index contributed by atoms with van der Waals surface area (Å²) in [4.78, 5) is 4.72. The Labute approximate surface area is 155 Å². The van der Waals surface area contributed by atoms with Crippen LogP contribution in [0.1, 0.15) is 17.5 Å². The minimum atomic E-state index is -0.206. The van der Waals surface area contributed by atoms with Crippen molar-refractivity contribution in [3.63, 3.8) is 0 Å². The zero-order valence-electron chi connectivity index (χ0n) is 14.9. The van der Waals surface area contributed by atoms with Gasteiger partial charge in [0, 0.05) is 44.4 Å². The minimum Gasteiger partial charge on any atom is -0.396 e. The molecular weight excluding hydrogens is 327 g/mol. The summed E-state index contributed by atoms with van der Waals surface area (Å²) in [6.07, 6.45) is 0.740. The first kappa shape index (κ1) is 18.6. The molecule has 0 saturated carbocycles. The highest BCUT2D eigenvalue weighted by atomic mass is 19.1. The molecule has 0 bridgehead atoms. The van der Waals surface area contributed by atoms with Gasteiger partial charge in [-0.25, -0.2) is 4.39 Å². The topological polar surface area (TPSA) is 26.7 Å². The fourth-order valence-electron chi connectivity index (χ4n) is 3.33. The molecule has 136 valence electrons. The highest BCUT2D eigenvalue weighted by Gasteiger charge is 2.26. The van der Waals surface area contributed by atoms with E-state index >= 15 is 0 Å². The molecule has 2 aromatic carbocycles. The first-order valence-corrected chi connectivity index (χ1v) is 9.10. The number of piperazine rings is 1. The van der Waals surface area contributed by atoms with Crippen molar-refractivity contribution >= 4 is 0 Å². The molecule has 0 radical (unpaired) electrons. The van der Waals surface area contributed by atoms with E-state index < -0.39 is 0 Å². The summed E-state index contributed by atoms with van der Waals surface area (Å²) in [5.41, 5.74) is 2.14. The van der Waals surface area contributed by atoms with E-state index in [9.17, 15) is 9.50 Å². The van der Waals surface area contributed by atoms with Crippen molar-refractivity contribution in [1.29, 1.82) is 0 Å². The number of hydrogen-bond donors (Lipinski definition) is 1. The molecule has 4 heteroatoms. The van der Waals surface area contributed by atoms with Gasteiger partial charge in [0.05, 0.1) is 6.54 Å². The lowest BCUT2D eigenvalue weighted by Crippen LogP contribution is -2.52. The Balaban J connectivity index is 1.57. The number of halogens is 1. The molecule has 0 aromatic heterocycles. The first-order chi connectivity index (χ1) is 12.7. The molecule has 1 fully saturated rings. The van der Waals surface area contributed by atoms with Crippen LogP contribution in [0.5, 0.6) is 0 Å². The summed E-state index contributed by atoms with van der Waals surface area (Å²) in [7, 11) is 0. The maximum Gasteiger partial charge on any atom is 0.123 e. The van der Waals surface area contributed by atoms with E-state index in [4.69, 9.17) is 0 Å². The minimum absolute atomic E-state index is 0.175. The third-order valence-electron chi connectivity index (χ3n) is 4.76. The summed E-state index contributed by atoms with van der Waals surface area (Å²) in [5.74, 6) is 6.26. The highest BCUT2D eigenvalue weighted by Crippen LogP contribution is 2.16. The Bertz CT molecular complexity index is 736. The standard InChI is InChI=1S/C22H25FN2O/c23-21-10-8-20(9-11-21)17-25-15-14-24(18-22(25)12-16-26)13-4-7-19-5-2-1-3-6-19/h1-3,5-6,8-11,22,26H,12-18H2. The highest BCUT2D eigenvalue weighted by molar-refractivity contribution is 5.33. The molecule has 1 N–H and O–H groups in total. The fourth-order valence-corrected chi connectivity index (χ4v) is 3.33. The van der Waals surface area contributed by atoms with Crippen LogP contribution in [0.2, 0.25) is 0 Å². The SMILES string of the molecule is OCCC1CN(CC#Cc2ccccc2)CCN1Cc1ccc(F)cc1. The van der Waals surface area contributed by atoms with Crippen LogP contribution in [0.3, 0.4) is 0 Å². The number of hydrogen-bond acceptors (Lipinski definition) is 3. The van der Waals surface area contributed by atoms with E-state index in [1.807, 2.05) is 42.5 Å². The zero-order valence-corrected chi connectivity index (χ0v) is 14.9. The Kier molecular flexibility index (Phi) is 6.79. The third-order valence-corrected chi connectivity index (χ3v) is 4.76. The summed E-state index contributed by atoms with van der Waals surface area (Å²) in [5, 5.41) is 9.43. The van der Waals surface area contributed by atoms with Gasteiger partial charge in [0.15, 0.2) is 0 Å². The number of nitrogens with zero attached hydrogens (tertiary/aromatic N) is 2. The zero-order chi connectivity index (χ0) is 18.2. The van der Waals surface area contributed by atoms with E-state index in [-0.39, 0.29) is 18.5 Å². The van der Waals surface area contributed by atoms with Crippen molar-refractivity contribution in [3.05, 3.63) is 71.5 Å². The van der Waals surface area contributed by atoms with Gasteiger partial charge in [0.2, 0.25) is 0 Å². The average molecular weight is 352 g/mol. The van der Waals surface area contributed by atoms with E-state index in [1.165, 1.54) is 12.1 Å². The van der Waals surface area contributed by atoms with Gasteiger partial charge >= 0.3 is 0 Å². The number of rotatable bonds is 5. The number of benzene rings is 2. The molecule has 1 aliphatic heterocycles. The maximum absolute atomic E-state index is 13.1. The average Bonchev–Trinajstić information content (AvgIpc) is 2.66. The molecule has 0 amide bonds. The Morgan fingerprint density at radius 1 is 1.04 bits per heavy atom. The van der Waals surface area contributed by atoms with Gasteiger partial charge in [-0.1, -0.05) is 42.2 Å². The molecule has 2 aromatic rings. The van der Waals surface area contributed by atoms with Crippen molar-refractivity contribution in [2.24, 2.45) is 0 Å². The lowest BCUT2D eigenvalue weighted by atomic mass is 10.1. The van der Waals surface area contributed by atoms with Crippen molar-refractivity contribution in [2.75, 3.05) is 32.8 Å². The Morgan fingerprint density at radius 2 is 1.81 bits per heavy atom. The van der Waals surface area contributed by atoms with E-state index in [2.05, 4.69) is 21.6 Å². The van der Waals surface area contributed by atoms with Crippen molar-refractivity contribution in [2.45, 2.75) is 19.0 Å². The molecule has 3 rings (SSSR count). The molecule has 1 atom stereocenters. The summed E-state index contributed by atoms with van der Waals surface area (Å²) < 4.78 is 13.1. The van der Waals surface area contributed by atoms with Crippen molar-refractivity contribution in [1.82, 2.24) is 9.80 Å².